The van der Waals surface area contributed by atoms with Crippen LogP contribution in [0.1, 0.15) is 30.3 Å². The third kappa shape index (κ3) is 3.18. The maximum Gasteiger partial charge on any atom is 0.247 e. The van der Waals surface area contributed by atoms with Gasteiger partial charge in [-0.05, 0) is 42.7 Å². The van der Waals surface area contributed by atoms with Gasteiger partial charge >= 0.3 is 0 Å². The predicted molar refractivity (Wildman–Crippen MR) is 93.1 cm³/mol. The number of carbonyl (C=O) groups excluding carboxylic acids is 1. The van der Waals surface area contributed by atoms with Crippen molar-refractivity contribution in [2.24, 2.45) is 0 Å². The third-order valence-corrected chi connectivity index (χ3v) is 4.45. The standard InChI is InChI=1S/C20H17FN2O2/c21-15-6-3-5-14(13-15)17-8-4-12-23(17)20(24)11-10-19-22-16-7-1-2-9-18(16)25-19/h1-3,5-7,9-11,13,17H,4,8,12H2/b11-10+. The largest absolute Gasteiger partial charge is 0.437 e. The van der Waals surface area contributed by atoms with Gasteiger partial charge in [-0.15, -0.1) is 0 Å². The summed E-state index contributed by atoms with van der Waals surface area (Å²) >= 11 is 0. The lowest BCUT2D eigenvalue weighted by Gasteiger charge is -2.23. The smallest absolute Gasteiger partial charge is 0.247 e. The van der Waals surface area contributed by atoms with Gasteiger partial charge in [0.05, 0.1) is 6.04 Å². The first-order valence-corrected chi connectivity index (χ1v) is 8.30. The number of para-hydroxylation sites is 2. The zero-order chi connectivity index (χ0) is 17.2. The minimum absolute atomic E-state index is 0.0866. The Balaban J connectivity index is 1.53. The van der Waals surface area contributed by atoms with Crippen LogP contribution in [-0.4, -0.2) is 22.3 Å². The van der Waals surface area contributed by atoms with E-state index in [0.717, 1.165) is 23.9 Å². The Morgan fingerprint density at radius 3 is 2.96 bits per heavy atom. The molecule has 1 unspecified atom stereocenters. The van der Waals surface area contributed by atoms with E-state index >= 15 is 0 Å². The minimum atomic E-state index is -0.279. The summed E-state index contributed by atoms with van der Waals surface area (Å²) in [6.45, 7) is 0.665. The fraction of sp³-hybridized carbons (Fsp3) is 0.200. The Kier molecular flexibility index (Phi) is 4.06. The van der Waals surface area contributed by atoms with Gasteiger partial charge in [0, 0.05) is 18.7 Å². The highest BCUT2D eigenvalue weighted by molar-refractivity contribution is 5.92. The molecule has 2 aromatic carbocycles. The SMILES string of the molecule is O=C(/C=C/c1nc2ccccc2o1)N1CCCC1c1cccc(F)c1. The number of hydrogen-bond donors (Lipinski definition) is 0. The zero-order valence-corrected chi connectivity index (χ0v) is 13.6. The fourth-order valence-electron chi connectivity index (χ4n) is 3.29. The molecule has 3 aromatic rings. The van der Waals surface area contributed by atoms with Gasteiger partial charge in [0.2, 0.25) is 11.8 Å². The third-order valence-electron chi connectivity index (χ3n) is 4.45. The number of fused-ring (bicyclic) bond motifs is 1. The van der Waals surface area contributed by atoms with Gasteiger partial charge in [-0.1, -0.05) is 24.3 Å². The van der Waals surface area contributed by atoms with Crippen molar-refractivity contribution >= 4 is 23.1 Å². The van der Waals surface area contributed by atoms with Gasteiger partial charge in [-0.2, -0.15) is 0 Å². The van der Waals surface area contributed by atoms with E-state index in [1.807, 2.05) is 30.3 Å². The van der Waals surface area contributed by atoms with E-state index in [0.29, 0.717) is 18.0 Å². The first-order chi connectivity index (χ1) is 12.2. The second-order valence-corrected chi connectivity index (χ2v) is 6.10. The molecule has 0 spiro atoms. The fourth-order valence-corrected chi connectivity index (χ4v) is 3.29. The van der Waals surface area contributed by atoms with Crippen molar-refractivity contribution in [3.8, 4) is 0 Å². The molecule has 0 saturated carbocycles. The summed E-state index contributed by atoms with van der Waals surface area (Å²) in [5, 5.41) is 0. The maximum absolute atomic E-state index is 13.5. The molecule has 1 aromatic heterocycles. The monoisotopic (exact) mass is 336 g/mol. The average Bonchev–Trinajstić information content (AvgIpc) is 3.26. The first kappa shape index (κ1) is 15.6. The average molecular weight is 336 g/mol. The van der Waals surface area contributed by atoms with E-state index in [1.54, 1.807) is 17.0 Å². The van der Waals surface area contributed by atoms with Crippen molar-refractivity contribution in [1.82, 2.24) is 9.88 Å². The molecule has 1 fully saturated rings. The maximum atomic E-state index is 13.5. The summed E-state index contributed by atoms with van der Waals surface area (Å²) in [6.07, 6.45) is 4.81. The lowest BCUT2D eigenvalue weighted by atomic mass is 10.0. The lowest BCUT2D eigenvalue weighted by molar-refractivity contribution is -0.126. The normalized spacial score (nSPS) is 17.6. The Morgan fingerprint density at radius 1 is 1.24 bits per heavy atom. The number of benzene rings is 2. The number of halogens is 1. The summed E-state index contributed by atoms with van der Waals surface area (Å²) in [7, 11) is 0. The van der Waals surface area contributed by atoms with Gasteiger partial charge in [-0.3, -0.25) is 4.79 Å². The molecule has 1 saturated heterocycles. The van der Waals surface area contributed by atoms with Crippen LogP contribution in [0, 0.1) is 5.82 Å². The molecule has 1 amide bonds. The molecular weight excluding hydrogens is 319 g/mol. The number of carbonyl (C=O) groups is 1. The predicted octanol–water partition coefficient (Wildman–Crippen LogP) is 4.34. The highest BCUT2D eigenvalue weighted by Crippen LogP contribution is 2.32. The Morgan fingerprint density at radius 2 is 2.12 bits per heavy atom. The topological polar surface area (TPSA) is 46.3 Å². The zero-order valence-electron chi connectivity index (χ0n) is 13.6. The molecule has 1 aliphatic heterocycles. The highest BCUT2D eigenvalue weighted by atomic mass is 19.1. The van der Waals surface area contributed by atoms with Crippen LogP contribution in [-0.2, 0) is 4.79 Å². The van der Waals surface area contributed by atoms with Crippen molar-refractivity contribution in [2.45, 2.75) is 18.9 Å². The summed E-state index contributed by atoms with van der Waals surface area (Å²) in [4.78, 5) is 18.7. The van der Waals surface area contributed by atoms with Crippen LogP contribution in [0.25, 0.3) is 17.2 Å². The number of nitrogens with zero attached hydrogens (tertiary/aromatic N) is 2. The van der Waals surface area contributed by atoms with Crippen molar-refractivity contribution in [3.05, 3.63) is 71.9 Å². The highest BCUT2D eigenvalue weighted by Gasteiger charge is 2.28. The van der Waals surface area contributed by atoms with Crippen molar-refractivity contribution in [3.63, 3.8) is 0 Å². The second kappa shape index (κ2) is 6.51. The second-order valence-electron chi connectivity index (χ2n) is 6.10. The number of oxazole rings is 1. The Labute approximate surface area is 144 Å². The Hall–Kier alpha value is -2.95. The molecule has 4 nitrogen and oxygen atoms in total. The molecule has 126 valence electrons. The van der Waals surface area contributed by atoms with Crippen molar-refractivity contribution < 1.29 is 13.6 Å². The number of likely N-dealkylation sites (tertiary alicyclic amines) is 1. The van der Waals surface area contributed by atoms with Gasteiger partial charge in [0.1, 0.15) is 11.3 Å². The minimum Gasteiger partial charge on any atom is -0.437 e. The van der Waals surface area contributed by atoms with Gasteiger partial charge in [-0.25, -0.2) is 9.37 Å². The number of rotatable bonds is 3. The quantitative estimate of drug-likeness (QED) is 0.668. The summed E-state index contributed by atoms with van der Waals surface area (Å²) < 4.78 is 19.1. The molecule has 0 aliphatic carbocycles. The summed E-state index contributed by atoms with van der Waals surface area (Å²) in [5.74, 6) is 0.00360. The first-order valence-electron chi connectivity index (χ1n) is 8.30. The molecule has 0 N–H and O–H groups in total. The van der Waals surface area contributed by atoms with Gasteiger partial charge in [0.25, 0.3) is 0 Å². The van der Waals surface area contributed by atoms with E-state index in [9.17, 15) is 9.18 Å². The van der Waals surface area contributed by atoms with E-state index < -0.39 is 0 Å². The van der Waals surface area contributed by atoms with Crippen LogP contribution in [0.15, 0.2) is 59.0 Å². The van der Waals surface area contributed by atoms with E-state index in [2.05, 4.69) is 4.98 Å². The van der Waals surface area contributed by atoms with Crippen LogP contribution in [0.4, 0.5) is 4.39 Å². The molecule has 4 rings (SSSR count). The molecule has 0 bridgehead atoms. The van der Waals surface area contributed by atoms with Crippen molar-refractivity contribution in [1.29, 1.82) is 0 Å². The van der Waals surface area contributed by atoms with Gasteiger partial charge < -0.3 is 9.32 Å². The number of hydrogen-bond acceptors (Lipinski definition) is 3. The summed E-state index contributed by atoms with van der Waals surface area (Å²) in [5.41, 5.74) is 2.28. The van der Waals surface area contributed by atoms with Crippen LogP contribution >= 0.6 is 0 Å². The van der Waals surface area contributed by atoms with Crippen LogP contribution in [0.5, 0.6) is 0 Å². The molecular formula is C20H17FN2O2. The van der Waals surface area contributed by atoms with E-state index in [-0.39, 0.29) is 17.8 Å². The molecule has 1 aliphatic rings. The van der Waals surface area contributed by atoms with Crippen LogP contribution in [0.3, 0.4) is 0 Å². The van der Waals surface area contributed by atoms with Crippen molar-refractivity contribution in [2.75, 3.05) is 6.54 Å². The van der Waals surface area contributed by atoms with E-state index in [1.165, 1.54) is 18.2 Å². The molecule has 0 radical (unpaired) electrons. The Bertz CT molecular complexity index is 915. The number of amides is 1. The molecule has 25 heavy (non-hydrogen) atoms. The molecule has 1 atom stereocenters. The summed E-state index contributed by atoms with van der Waals surface area (Å²) in [6, 6.07) is 13.8. The molecule has 5 heteroatoms. The lowest BCUT2D eigenvalue weighted by Crippen LogP contribution is -2.28. The molecule has 2 heterocycles. The van der Waals surface area contributed by atoms with Crippen LogP contribution in [0.2, 0.25) is 0 Å². The van der Waals surface area contributed by atoms with Gasteiger partial charge in [0.15, 0.2) is 5.58 Å². The van der Waals surface area contributed by atoms with E-state index in [4.69, 9.17) is 4.42 Å². The number of aromatic nitrogens is 1. The van der Waals surface area contributed by atoms with Crippen LogP contribution < -0.4 is 0 Å².